The SMILES string of the molecule is Cc1ccc(C(C)(C)C)cc1N(C(=O)Nc1ccc(C=Cc2ccncc2)c2ccccc12)c1ccn[nH]1. The Bertz CT molecular complexity index is 1600. The van der Waals surface area contributed by atoms with Gasteiger partial charge in [0.05, 0.1) is 17.6 Å². The van der Waals surface area contributed by atoms with Crippen LogP contribution >= 0.6 is 0 Å². The van der Waals surface area contributed by atoms with E-state index in [1.807, 2.05) is 49.4 Å². The largest absolute Gasteiger partial charge is 0.332 e. The van der Waals surface area contributed by atoms with E-state index in [2.05, 4.69) is 77.7 Å². The highest BCUT2D eigenvalue weighted by molar-refractivity contribution is 6.11. The molecule has 0 atom stereocenters. The summed E-state index contributed by atoms with van der Waals surface area (Å²) in [6.45, 7) is 8.51. The Morgan fingerprint density at radius 3 is 2.37 bits per heavy atom. The van der Waals surface area contributed by atoms with Crippen LogP contribution in [-0.2, 0) is 5.41 Å². The van der Waals surface area contributed by atoms with E-state index in [1.165, 1.54) is 0 Å². The van der Waals surface area contributed by atoms with Gasteiger partial charge in [0.2, 0.25) is 0 Å². The Kier molecular flexibility index (Phi) is 6.79. The molecule has 0 bridgehead atoms. The Morgan fingerprint density at radius 1 is 0.895 bits per heavy atom. The van der Waals surface area contributed by atoms with E-state index in [4.69, 9.17) is 0 Å². The zero-order valence-corrected chi connectivity index (χ0v) is 22.1. The summed E-state index contributed by atoms with van der Waals surface area (Å²) < 4.78 is 0. The number of rotatable bonds is 5. The molecule has 0 aliphatic rings. The third-order valence-electron chi connectivity index (χ3n) is 6.61. The van der Waals surface area contributed by atoms with E-state index in [0.717, 1.165) is 44.4 Å². The van der Waals surface area contributed by atoms with Crippen molar-refractivity contribution < 1.29 is 4.79 Å². The maximum Gasteiger partial charge on any atom is 0.332 e. The van der Waals surface area contributed by atoms with Gasteiger partial charge in [-0.2, -0.15) is 5.10 Å². The van der Waals surface area contributed by atoms with Crippen molar-refractivity contribution in [3.63, 3.8) is 0 Å². The van der Waals surface area contributed by atoms with Crippen LogP contribution in [0.5, 0.6) is 0 Å². The number of carbonyl (C=O) groups is 1. The molecule has 5 rings (SSSR count). The van der Waals surface area contributed by atoms with Gasteiger partial charge < -0.3 is 5.32 Å². The zero-order valence-electron chi connectivity index (χ0n) is 22.1. The van der Waals surface area contributed by atoms with Crippen molar-refractivity contribution in [1.29, 1.82) is 0 Å². The molecule has 0 spiro atoms. The van der Waals surface area contributed by atoms with Gasteiger partial charge in [-0.3, -0.25) is 10.1 Å². The van der Waals surface area contributed by atoms with Crippen LogP contribution < -0.4 is 10.2 Å². The van der Waals surface area contributed by atoms with Gasteiger partial charge in [0.1, 0.15) is 5.82 Å². The maximum absolute atomic E-state index is 13.9. The third-order valence-corrected chi connectivity index (χ3v) is 6.61. The number of hydrogen-bond acceptors (Lipinski definition) is 3. The van der Waals surface area contributed by atoms with Crippen LogP contribution in [0.1, 0.15) is 43.0 Å². The van der Waals surface area contributed by atoms with Gasteiger partial charge in [-0.15, -0.1) is 0 Å². The summed E-state index contributed by atoms with van der Waals surface area (Å²) >= 11 is 0. The first-order valence-electron chi connectivity index (χ1n) is 12.6. The highest BCUT2D eigenvalue weighted by Gasteiger charge is 2.24. The summed E-state index contributed by atoms with van der Waals surface area (Å²) in [6.07, 6.45) is 9.35. The molecule has 0 aliphatic heterocycles. The van der Waals surface area contributed by atoms with Gasteiger partial charge in [0, 0.05) is 23.8 Å². The molecule has 0 fully saturated rings. The Labute approximate surface area is 223 Å². The van der Waals surface area contributed by atoms with Crippen molar-refractivity contribution in [3.8, 4) is 0 Å². The molecule has 6 nitrogen and oxygen atoms in total. The molecule has 2 amide bonds. The molecule has 2 heterocycles. The molecule has 2 N–H and O–H groups in total. The fraction of sp³-hybridized carbons (Fsp3) is 0.156. The van der Waals surface area contributed by atoms with Crippen molar-refractivity contribution in [2.75, 3.05) is 10.2 Å². The molecular weight excluding hydrogens is 470 g/mol. The minimum Gasteiger partial charge on any atom is -0.307 e. The average Bonchev–Trinajstić information content (AvgIpc) is 3.44. The molecule has 0 radical (unpaired) electrons. The average molecular weight is 502 g/mol. The van der Waals surface area contributed by atoms with E-state index in [0.29, 0.717) is 5.82 Å². The molecule has 0 aliphatic carbocycles. The lowest BCUT2D eigenvalue weighted by atomic mass is 9.86. The van der Waals surface area contributed by atoms with Crippen molar-refractivity contribution in [3.05, 3.63) is 114 Å². The number of fused-ring (bicyclic) bond motifs is 1. The number of amides is 2. The van der Waals surface area contributed by atoms with E-state index in [-0.39, 0.29) is 11.4 Å². The third kappa shape index (κ3) is 5.20. The van der Waals surface area contributed by atoms with Crippen molar-refractivity contribution >= 4 is 46.1 Å². The Hall–Kier alpha value is -4.71. The quantitative estimate of drug-likeness (QED) is 0.255. The lowest BCUT2D eigenvalue weighted by Crippen LogP contribution is -2.32. The van der Waals surface area contributed by atoms with Gasteiger partial charge in [-0.05, 0) is 64.2 Å². The smallest absolute Gasteiger partial charge is 0.307 e. The zero-order chi connectivity index (χ0) is 26.7. The van der Waals surface area contributed by atoms with Crippen LogP contribution in [0.3, 0.4) is 0 Å². The minimum atomic E-state index is -0.270. The molecule has 6 heteroatoms. The molecule has 38 heavy (non-hydrogen) atoms. The highest BCUT2D eigenvalue weighted by Crippen LogP contribution is 2.34. The summed E-state index contributed by atoms with van der Waals surface area (Å²) in [6, 6.07) is 23.8. The molecule has 3 aromatic carbocycles. The van der Waals surface area contributed by atoms with E-state index in [9.17, 15) is 4.79 Å². The van der Waals surface area contributed by atoms with E-state index >= 15 is 0 Å². The number of hydrogen-bond donors (Lipinski definition) is 2. The first kappa shape index (κ1) is 25.0. The summed E-state index contributed by atoms with van der Waals surface area (Å²) in [5.41, 5.74) is 5.75. The predicted molar refractivity (Wildman–Crippen MR) is 157 cm³/mol. The first-order valence-corrected chi connectivity index (χ1v) is 12.6. The van der Waals surface area contributed by atoms with Crippen LogP contribution in [-0.4, -0.2) is 21.2 Å². The van der Waals surface area contributed by atoms with Crippen LogP contribution in [0.25, 0.3) is 22.9 Å². The molecule has 2 aromatic heterocycles. The molecular formula is C32H31N5O. The predicted octanol–water partition coefficient (Wildman–Crippen LogP) is 8.10. The number of benzene rings is 3. The number of nitrogens with one attached hydrogen (secondary N) is 2. The van der Waals surface area contributed by atoms with E-state index < -0.39 is 0 Å². The minimum absolute atomic E-state index is 0.0611. The molecule has 5 aromatic rings. The van der Waals surface area contributed by atoms with Gasteiger partial charge in [-0.1, -0.05) is 75.4 Å². The van der Waals surface area contributed by atoms with Crippen LogP contribution in [0, 0.1) is 6.92 Å². The van der Waals surface area contributed by atoms with E-state index in [1.54, 1.807) is 29.6 Å². The number of carbonyl (C=O) groups excluding carboxylic acids is 1. The second-order valence-corrected chi connectivity index (χ2v) is 10.3. The number of H-pyrrole nitrogens is 1. The highest BCUT2D eigenvalue weighted by atomic mass is 16.2. The number of urea groups is 1. The van der Waals surface area contributed by atoms with Crippen LogP contribution in [0.4, 0.5) is 22.0 Å². The molecule has 0 saturated carbocycles. The van der Waals surface area contributed by atoms with Gasteiger partial charge in [0.25, 0.3) is 0 Å². The monoisotopic (exact) mass is 501 g/mol. The maximum atomic E-state index is 13.9. The van der Waals surface area contributed by atoms with Crippen molar-refractivity contribution in [2.45, 2.75) is 33.1 Å². The number of aromatic amines is 1. The van der Waals surface area contributed by atoms with Crippen molar-refractivity contribution in [2.24, 2.45) is 0 Å². The lowest BCUT2D eigenvalue weighted by Gasteiger charge is -2.27. The Balaban J connectivity index is 1.53. The molecule has 190 valence electrons. The Morgan fingerprint density at radius 2 is 1.66 bits per heavy atom. The molecule has 0 unspecified atom stereocenters. The fourth-order valence-corrected chi connectivity index (χ4v) is 4.45. The molecule has 0 saturated heterocycles. The number of pyridine rings is 1. The normalized spacial score (nSPS) is 11.7. The summed E-state index contributed by atoms with van der Waals surface area (Å²) in [5.74, 6) is 0.595. The fourth-order valence-electron chi connectivity index (χ4n) is 4.45. The van der Waals surface area contributed by atoms with Crippen LogP contribution in [0.2, 0.25) is 0 Å². The lowest BCUT2D eigenvalue weighted by molar-refractivity contribution is 0.259. The van der Waals surface area contributed by atoms with Gasteiger partial charge >= 0.3 is 6.03 Å². The summed E-state index contributed by atoms with van der Waals surface area (Å²) in [5, 5.41) is 12.3. The number of aryl methyl sites for hydroxylation is 1. The second kappa shape index (κ2) is 10.3. The van der Waals surface area contributed by atoms with Gasteiger partial charge in [0.15, 0.2) is 0 Å². The standard InChI is InChI=1S/C32H31N5O/c1-22-9-13-25(32(2,3)4)21-29(22)37(30-17-20-34-36-30)31(38)35-28-14-12-24(26-7-5-6-8-27(26)28)11-10-23-15-18-33-19-16-23/h5-21H,1-4H3,(H,34,36)(H,35,38). The second-order valence-electron chi connectivity index (χ2n) is 10.3. The first-order chi connectivity index (χ1) is 18.3. The summed E-state index contributed by atoms with van der Waals surface area (Å²) in [7, 11) is 0. The number of anilines is 3. The summed E-state index contributed by atoms with van der Waals surface area (Å²) in [4.78, 5) is 19.6. The number of nitrogens with zero attached hydrogens (tertiary/aromatic N) is 3. The van der Waals surface area contributed by atoms with Crippen LogP contribution in [0.15, 0.2) is 91.4 Å². The topological polar surface area (TPSA) is 73.9 Å². The van der Waals surface area contributed by atoms with Crippen molar-refractivity contribution in [1.82, 2.24) is 15.2 Å². The number of aromatic nitrogens is 3. The van der Waals surface area contributed by atoms with Gasteiger partial charge in [-0.25, -0.2) is 9.69 Å².